The van der Waals surface area contributed by atoms with Gasteiger partial charge in [0.1, 0.15) is 5.75 Å². The summed E-state index contributed by atoms with van der Waals surface area (Å²) >= 11 is 1.46. The number of fused-ring (bicyclic) bond motifs is 1. The van der Waals surface area contributed by atoms with E-state index in [2.05, 4.69) is 25.4 Å². The van der Waals surface area contributed by atoms with Crippen LogP contribution in [0.15, 0.2) is 24.3 Å². The number of amides is 1. The molecule has 3 aromatic heterocycles. The number of anilines is 2. The topological polar surface area (TPSA) is 120 Å². The number of aromatic nitrogens is 5. The van der Waals surface area contributed by atoms with E-state index >= 15 is 0 Å². The van der Waals surface area contributed by atoms with Crippen LogP contribution in [-0.2, 0) is 11.2 Å². The quantitative estimate of drug-likeness (QED) is 0.475. The summed E-state index contributed by atoms with van der Waals surface area (Å²) in [5.74, 6) is 1.32. The molecule has 3 heterocycles. The van der Waals surface area contributed by atoms with Crippen molar-refractivity contribution in [3.05, 3.63) is 46.1 Å². The van der Waals surface area contributed by atoms with Crippen LogP contribution in [0.3, 0.4) is 0 Å². The van der Waals surface area contributed by atoms with Crippen LogP contribution < -0.4 is 15.8 Å². The molecule has 0 spiro atoms. The Morgan fingerprint density at radius 1 is 1.16 bits per heavy atom. The molecule has 0 fully saturated rings. The highest BCUT2D eigenvalue weighted by Gasteiger charge is 2.16. The molecule has 0 bridgehead atoms. The van der Waals surface area contributed by atoms with Crippen LogP contribution in [0, 0.1) is 20.8 Å². The van der Waals surface area contributed by atoms with Crippen molar-refractivity contribution in [2.75, 3.05) is 18.2 Å². The lowest BCUT2D eigenvalue weighted by atomic mass is 10.1. The molecule has 9 nitrogen and oxygen atoms in total. The normalized spacial score (nSPS) is 11.1. The van der Waals surface area contributed by atoms with Gasteiger partial charge in [0.25, 0.3) is 5.78 Å². The van der Waals surface area contributed by atoms with Gasteiger partial charge in [0, 0.05) is 28.2 Å². The Morgan fingerprint density at radius 2 is 1.90 bits per heavy atom. The number of nitrogens with zero attached hydrogens (tertiary/aromatic N) is 5. The zero-order valence-electron chi connectivity index (χ0n) is 17.8. The Kier molecular flexibility index (Phi) is 5.55. The summed E-state index contributed by atoms with van der Waals surface area (Å²) in [5, 5.41) is 7.66. The summed E-state index contributed by atoms with van der Waals surface area (Å²) < 4.78 is 6.82. The number of nitrogen functional groups attached to an aromatic ring is 1. The minimum atomic E-state index is -0.105. The predicted molar refractivity (Wildman–Crippen MR) is 120 cm³/mol. The van der Waals surface area contributed by atoms with Gasteiger partial charge in [-0.3, -0.25) is 4.79 Å². The molecule has 31 heavy (non-hydrogen) atoms. The molecule has 10 heteroatoms. The lowest BCUT2D eigenvalue weighted by molar-refractivity contribution is -0.116. The number of nitrogens with one attached hydrogen (secondary N) is 1. The van der Waals surface area contributed by atoms with Crippen molar-refractivity contribution in [1.82, 2.24) is 24.6 Å². The highest BCUT2D eigenvalue weighted by atomic mass is 32.1. The zero-order chi connectivity index (χ0) is 22.1. The second-order valence-corrected chi connectivity index (χ2v) is 8.35. The molecule has 3 N–H and O–H groups in total. The van der Waals surface area contributed by atoms with Crippen molar-refractivity contribution in [2.24, 2.45) is 0 Å². The number of benzene rings is 1. The number of aryl methyl sites for hydroxylation is 3. The molecular weight excluding hydrogens is 414 g/mol. The van der Waals surface area contributed by atoms with Gasteiger partial charge in [-0.1, -0.05) is 0 Å². The van der Waals surface area contributed by atoms with Crippen molar-refractivity contribution in [1.29, 1.82) is 0 Å². The molecule has 4 aromatic rings. The van der Waals surface area contributed by atoms with Crippen LogP contribution in [0.5, 0.6) is 5.75 Å². The van der Waals surface area contributed by atoms with E-state index < -0.39 is 0 Å². The Balaban J connectivity index is 1.45. The van der Waals surface area contributed by atoms with Gasteiger partial charge in [-0.25, -0.2) is 9.97 Å². The molecule has 0 saturated carbocycles. The van der Waals surface area contributed by atoms with Crippen LogP contribution in [0.1, 0.15) is 28.2 Å². The average molecular weight is 438 g/mol. The summed E-state index contributed by atoms with van der Waals surface area (Å²) in [6.45, 7) is 5.81. The van der Waals surface area contributed by atoms with E-state index in [0.29, 0.717) is 23.8 Å². The first-order chi connectivity index (χ1) is 14.9. The van der Waals surface area contributed by atoms with Gasteiger partial charge in [-0.05, 0) is 57.0 Å². The summed E-state index contributed by atoms with van der Waals surface area (Å²) in [6.07, 6.45) is 0.831. The van der Waals surface area contributed by atoms with E-state index in [-0.39, 0.29) is 11.9 Å². The highest BCUT2D eigenvalue weighted by Crippen LogP contribution is 2.31. The first-order valence-electron chi connectivity index (χ1n) is 9.75. The van der Waals surface area contributed by atoms with Crippen LogP contribution in [0.2, 0.25) is 0 Å². The maximum absolute atomic E-state index is 12.6. The van der Waals surface area contributed by atoms with Crippen molar-refractivity contribution < 1.29 is 9.53 Å². The molecule has 0 radical (unpaired) electrons. The van der Waals surface area contributed by atoms with Crippen LogP contribution in [0.25, 0.3) is 17.0 Å². The molecule has 160 valence electrons. The number of rotatable bonds is 6. The van der Waals surface area contributed by atoms with Gasteiger partial charge < -0.3 is 15.8 Å². The number of carbonyl (C=O) groups is 1. The molecule has 0 saturated heterocycles. The van der Waals surface area contributed by atoms with Crippen molar-refractivity contribution in [2.45, 2.75) is 33.6 Å². The molecule has 1 amide bonds. The fraction of sp³-hybridized carbons (Fsp3) is 0.286. The van der Waals surface area contributed by atoms with Gasteiger partial charge in [0.2, 0.25) is 11.9 Å². The van der Waals surface area contributed by atoms with E-state index in [9.17, 15) is 4.79 Å². The summed E-state index contributed by atoms with van der Waals surface area (Å²) in [7, 11) is 1.63. The van der Waals surface area contributed by atoms with Gasteiger partial charge >= 0.3 is 0 Å². The van der Waals surface area contributed by atoms with E-state index in [4.69, 9.17) is 10.5 Å². The molecule has 0 aliphatic rings. The Hall–Kier alpha value is -3.53. The molecule has 0 aliphatic carbocycles. The first kappa shape index (κ1) is 20.7. The number of thiazole rings is 1. The number of carbonyl (C=O) groups excluding carboxylic acids is 1. The lowest BCUT2D eigenvalue weighted by Gasteiger charge is -2.10. The minimum absolute atomic E-state index is 0.105. The van der Waals surface area contributed by atoms with Crippen LogP contribution in [-0.4, -0.2) is 37.6 Å². The van der Waals surface area contributed by atoms with Crippen molar-refractivity contribution in [3.63, 3.8) is 0 Å². The second kappa shape index (κ2) is 8.31. The molecule has 0 unspecified atom stereocenters. The minimum Gasteiger partial charge on any atom is -0.497 e. The van der Waals surface area contributed by atoms with E-state index in [1.54, 1.807) is 11.6 Å². The van der Waals surface area contributed by atoms with Gasteiger partial charge in [-0.2, -0.15) is 9.50 Å². The standard InChI is InChI=1S/C21H23N7O2S/c1-11-16(12(2)28-20(23-11)26-19(22)27-28)9-10-17(29)24-21-25-18(13(3)31-21)14-5-7-15(30-4)8-6-14/h5-8H,9-10H2,1-4H3,(H2,22,27)(H,24,25,29). The van der Waals surface area contributed by atoms with E-state index in [1.165, 1.54) is 11.3 Å². The maximum atomic E-state index is 12.6. The van der Waals surface area contributed by atoms with Crippen molar-refractivity contribution >= 4 is 34.1 Å². The Morgan fingerprint density at radius 3 is 2.61 bits per heavy atom. The fourth-order valence-corrected chi connectivity index (χ4v) is 4.32. The summed E-state index contributed by atoms with van der Waals surface area (Å²) in [5.41, 5.74) is 10.2. The highest BCUT2D eigenvalue weighted by molar-refractivity contribution is 7.16. The molecule has 0 aliphatic heterocycles. The SMILES string of the molecule is COc1ccc(-c2nc(NC(=O)CCc3c(C)nc4nc(N)nn4c3C)sc2C)cc1. The van der Waals surface area contributed by atoms with Gasteiger partial charge in [-0.15, -0.1) is 16.4 Å². The third-order valence-electron chi connectivity index (χ3n) is 5.07. The number of hydrogen-bond donors (Lipinski definition) is 2. The third-order valence-corrected chi connectivity index (χ3v) is 5.96. The smallest absolute Gasteiger partial charge is 0.254 e. The molecule has 0 atom stereocenters. The first-order valence-corrected chi connectivity index (χ1v) is 10.6. The zero-order valence-corrected chi connectivity index (χ0v) is 18.6. The van der Waals surface area contributed by atoms with Crippen molar-refractivity contribution in [3.8, 4) is 17.0 Å². The van der Waals surface area contributed by atoms with E-state index in [1.807, 2.05) is 45.0 Å². The molecule has 1 aromatic carbocycles. The average Bonchev–Trinajstić information content (AvgIpc) is 3.29. The van der Waals surface area contributed by atoms with Crippen LogP contribution in [0.4, 0.5) is 11.1 Å². The summed E-state index contributed by atoms with van der Waals surface area (Å²) in [6, 6.07) is 7.70. The number of nitrogens with two attached hydrogens (primary N) is 1. The Bertz CT molecular complexity index is 1260. The largest absolute Gasteiger partial charge is 0.497 e. The number of methoxy groups -OCH3 is 1. The lowest BCUT2D eigenvalue weighted by Crippen LogP contribution is -2.14. The Labute approximate surface area is 183 Å². The van der Waals surface area contributed by atoms with Crippen LogP contribution >= 0.6 is 11.3 Å². The predicted octanol–water partition coefficient (Wildman–Crippen LogP) is 3.34. The number of ether oxygens (including phenoxy) is 1. The fourth-order valence-electron chi connectivity index (χ4n) is 3.47. The second-order valence-electron chi connectivity index (χ2n) is 7.14. The van der Waals surface area contributed by atoms with E-state index in [0.717, 1.165) is 38.8 Å². The van der Waals surface area contributed by atoms with Gasteiger partial charge in [0.05, 0.1) is 12.8 Å². The third kappa shape index (κ3) is 4.19. The monoisotopic (exact) mass is 437 g/mol. The number of hydrogen-bond acceptors (Lipinski definition) is 8. The molecular formula is C21H23N7O2S. The summed E-state index contributed by atoms with van der Waals surface area (Å²) in [4.78, 5) is 26.8. The maximum Gasteiger partial charge on any atom is 0.254 e. The molecule has 4 rings (SSSR count). The van der Waals surface area contributed by atoms with Gasteiger partial charge in [0.15, 0.2) is 5.13 Å².